The lowest BCUT2D eigenvalue weighted by Gasteiger charge is -2.34. The summed E-state index contributed by atoms with van der Waals surface area (Å²) in [5.74, 6) is 3.36. The van der Waals surface area contributed by atoms with Crippen molar-refractivity contribution in [1.82, 2.24) is 30.2 Å². The molecule has 0 atom stereocenters. The number of rotatable bonds is 7. The van der Waals surface area contributed by atoms with E-state index in [4.69, 9.17) is 15.2 Å². The van der Waals surface area contributed by atoms with Gasteiger partial charge in [0.25, 0.3) is 0 Å². The van der Waals surface area contributed by atoms with Crippen LogP contribution in [0.2, 0.25) is 0 Å². The maximum atomic E-state index is 6.49. The van der Waals surface area contributed by atoms with Crippen molar-refractivity contribution in [2.24, 2.45) is 0 Å². The summed E-state index contributed by atoms with van der Waals surface area (Å²) >= 11 is 0. The van der Waals surface area contributed by atoms with Gasteiger partial charge in [-0.25, -0.2) is 0 Å². The van der Waals surface area contributed by atoms with Crippen LogP contribution in [-0.2, 0) is 6.54 Å². The third-order valence-corrected chi connectivity index (χ3v) is 6.17. The van der Waals surface area contributed by atoms with Crippen LogP contribution in [0.25, 0.3) is 11.3 Å². The summed E-state index contributed by atoms with van der Waals surface area (Å²) in [6, 6.07) is 4.06. The zero-order chi connectivity index (χ0) is 22.2. The third-order valence-electron chi connectivity index (χ3n) is 6.17. The van der Waals surface area contributed by atoms with Crippen molar-refractivity contribution in [2.45, 2.75) is 45.1 Å². The maximum absolute atomic E-state index is 6.49. The first kappa shape index (κ1) is 20.7. The summed E-state index contributed by atoms with van der Waals surface area (Å²) in [7, 11) is 2.14. The number of H-pyrrole nitrogens is 1. The lowest BCUT2D eigenvalue weighted by molar-refractivity contribution is 0.312. The fraction of sp³-hybridized carbons (Fsp3) is 0.545. The largest absolute Gasteiger partial charge is 0.383 e. The summed E-state index contributed by atoms with van der Waals surface area (Å²) in [4.78, 5) is 14.0. The molecule has 0 spiro atoms. The zero-order valence-electron chi connectivity index (χ0n) is 18.9. The first-order valence-corrected chi connectivity index (χ1v) is 11.3. The van der Waals surface area contributed by atoms with Gasteiger partial charge < -0.3 is 25.4 Å². The molecule has 0 radical (unpaired) electrons. The number of aromatic nitrogens is 5. The smallest absolute Gasteiger partial charge is 0.227 e. The fourth-order valence-corrected chi connectivity index (χ4v) is 3.95. The van der Waals surface area contributed by atoms with Crippen LogP contribution in [0.5, 0.6) is 0 Å². The van der Waals surface area contributed by atoms with Crippen LogP contribution in [0.3, 0.4) is 0 Å². The molecule has 10 heteroatoms. The fourth-order valence-electron chi connectivity index (χ4n) is 3.95. The van der Waals surface area contributed by atoms with Crippen molar-refractivity contribution in [3.05, 3.63) is 29.3 Å². The highest BCUT2D eigenvalue weighted by Gasteiger charge is 2.28. The number of nitrogens with one attached hydrogen (secondary N) is 2. The van der Waals surface area contributed by atoms with Gasteiger partial charge in [0, 0.05) is 38.2 Å². The Hall–Kier alpha value is -3.14. The molecule has 2 aliphatic rings. The van der Waals surface area contributed by atoms with Gasteiger partial charge in [0.05, 0.1) is 29.2 Å². The third kappa shape index (κ3) is 4.27. The molecule has 4 N–H and O–H groups in total. The number of nitrogen functional groups attached to an aromatic ring is 1. The first-order valence-electron chi connectivity index (χ1n) is 11.3. The summed E-state index contributed by atoms with van der Waals surface area (Å²) in [6.45, 7) is 8.31. The lowest BCUT2D eigenvalue weighted by atomic mass is 10.1. The Balaban J connectivity index is 1.44. The number of likely N-dealkylation sites (N-methyl/N-ethyl adjacent to an activating group) is 1. The van der Waals surface area contributed by atoms with Crippen molar-refractivity contribution < 1.29 is 4.52 Å². The van der Waals surface area contributed by atoms with E-state index in [-0.39, 0.29) is 0 Å². The Labute approximate surface area is 187 Å². The second kappa shape index (κ2) is 8.42. The van der Waals surface area contributed by atoms with E-state index >= 15 is 0 Å². The average Bonchev–Trinajstić information content (AvgIpc) is 3.31. The van der Waals surface area contributed by atoms with Gasteiger partial charge in [-0.1, -0.05) is 19.0 Å². The number of aromatic amines is 1. The van der Waals surface area contributed by atoms with Crippen molar-refractivity contribution in [2.75, 3.05) is 49.2 Å². The average molecular weight is 438 g/mol. The molecule has 0 bridgehead atoms. The van der Waals surface area contributed by atoms with Gasteiger partial charge in [0.1, 0.15) is 11.6 Å². The van der Waals surface area contributed by atoms with Gasteiger partial charge in [0.15, 0.2) is 5.76 Å². The molecule has 1 aliphatic carbocycles. The van der Waals surface area contributed by atoms with E-state index in [2.05, 4.69) is 62.4 Å². The second-order valence-electron chi connectivity index (χ2n) is 9.13. The van der Waals surface area contributed by atoms with Crippen LogP contribution >= 0.6 is 0 Å². The molecule has 0 amide bonds. The van der Waals surface area contributed by atoms with Crippen LogP contribution in [0.4, 0.5) is 17.6 Å². The van der Waals surface area contributed by atoms with Gasteiger partial charge in [-0.15, -0.1) is 0 Å². The van der Waals surface area contributed by atoms with E-state index in [9.17, 15) is 0 Å². The minimum absolute atomic E-state index is 0.317. The molecule has 0 aromatic carbocycles. The van der Waals surface area contributed by atoms with Crippen LogP contribution in [0.15, 0.2) is 16.7 Å². The molecule has 1 saturated heterocycles. The molecule has 3 aromatic rings. The van der Waals surface area contributed by atoms with Crippen molar-refractivity contribution in [1.29, 1.82) is 0 Å². The molecule has 32 heavy (non-hydrogen) atoms. The Kier molecular flexibility index (Phi) is 5.46. The quantitative estimate of drug-likeness (QED) is 0.511. The van der Waals surface area contributed by atoms with Gasteiger partial charge in [-0.2, -0.15) is 15.1 Å². The lowest BCUT2D eigenvalue weighted by Crippen LogP contribution is -2.45. The normalized spacial score (nSPS) is 17.3. The number of hydrogen-bond donors (Lipinski definition) is 3. The Bertz CT molecular complexity index is 1080. The molecule has 4 heterocycles. The predicted molar refractivity (Wildman–Crippen MR) is 124 cm³/mol. The number of hydrogen-bond acceptors (Lipinski definition) is 9. The maximum Gasteiger partial charge on any atom is 0.227 e. The Morgan fingerprint density at radius 1 is 1.19 bits per heavy atom. The standard InChI is InChI=1S/C22H31N9O/c1-13(2)16-10-15(32-29-16)12-24-22-25-20(23)19(18-11-17(27-28-18)14-4-5-14)21(26-22)31-8-6-30(3)7-9-31/h10-11,13-14H,4-9,12H2,1-3H3,(H,27,28)(H3,23,24,25,26). The van der Waals surface area contributed by atoms with Crippen LogP contribution < -0.4 is 16.0 Å². The van der Waals surface area contributed by atoms with Gasteiger partial charge >= 0.3 is 0 Å². The predicted octanol–water partition coefficient (Wildman–Crippen LogP) is 2.80. The van der Waals surface area contributed by atoms with Gasteiger partial charge in [-0.05, 0) is 31.9 Å². The molecule has 1 aliphatic heterocycles. The van der Waals surface area contributed by atoms with Crippen LogP contribution in [0, 0.1) is 0 Å². The van der Waals surface area contributed by atoms with E-state index in [0.717, 1.165) is 60.4 Å². The molecule has 3 aromatic heterocycles. The molecule has 10 nitrogen and oxygen atoms in total. The first-order chi connectivity index (χ1) is 15.5. The molecule has 0 unspecified atom stereocenters. The number of piperazine rings is 1. The summed E-state index contributed by atoms with van der Waals surface area (Å²) < 4.78 is 5.43. The highest BCUT2D eigenvalue weighted by atomic mass is 16.5. The second-order valence-corrected chi connectivity index (χ2v) is 9.13. The Morgan fingerprint density at radius 2 is 1.97 bits per heavy atom. The summed E-state index contributed by atoms with van der Waals surface area (Å²) in [5.41, 5.74) is 10.2. The number of nitrogens with two attached hydrogens (primary N) is 1. The molecule has 170 valence electrons. The van der Waals surface area contributed by atoms with Gasteiger partial charge in [-0.3, -0.25) is 5.10 Å². The molecule has 2 fully saturated rings. The van der Waals surface area contributed by atoms with Crippen molar-refractivity contribution >= 4 is 17.6 Å². The minimum Gasteiger partial charge on any atom is -0.383 e. The van der Waals surface area contributed by atoms with Crippen molar-refractivity contribution in [3.8, 4) is 11.3 Å². The topological polar surface area (TPSA) is 125 Å². The monoisotopic (exact) mass is 437 g/mol. The number of anilines is 3. The molecular weight excluding hydrogens is 406 g/mol. The Morgan fingerprint density at radius 3 is 2.66 bits per heavy atom. The molecule has 5 rings (SSSR count). The molecular formula is C22H31N9O. The highest BCUT2D eigenvalue weighted by molar-refractivity contribution is 5.83. The zero-order valence-corrected chi connectivity index (χ0v) is 18.9. The summed E-state index contributed by atoms with van der Waals surface area (Å²) in [6.07, 6.45) is 2.40. The summed E-state index contributed by atoms with van der Waals surface area (Å²) in [5, 5.41) is 15.1. The van der Waals surface area contributed by atoms with E-state index in [0.29, 0.717) is 30.1 Å². The van der Waals surface area contributed by atoms with Crippen molar-refractivity contribution in [3.63, 3.8) is 0 Å². The van der Waals surface area contributed by atoms with E-state index in [1.165, 1.54) is 12.8 Å². The minimum atomic E-state index is 0.317. The number of nitrogens with zero attached hydrogens (tertiary/aromatic N) is 6. The van der Waals surface area contributed by atoms with E-state index in [1.807, 2.05) is 6.07 Å². The van der Waals surface area contributed by atoms with Crippen LogP contribution in [0.1, 0.15) is 55.7 Å². The SMILES string of the molecule is CC(C)c1cc(CNc2nc(N)c(-c3cc(C4CC4)n[nH]3)c(N3CCN(C)CC3)n2)on1. The van der Waals surface area contributed by atoms with E-state index < -0.39 is 0 Å². The van der Waals surface area contributed by atoms with Gasteiger partial charge in [0.2, 0.25) is 5.95 Å². The van der Waals surface area contributed by atoms with Crippen LogP contribution in [-0.4, -0.2) is 63.4 Å². The van der Waals surface area contributed by atoms with E-state index in [1.54, 1.807) is 0 Å². The molecule has 1 saturated carbocycles. The highest BCUT2D eigenvalue weighted by Crippen LogP contribution is 2.41.